The molecule has 3 aromatic rings. The Hall–Kier alpha value is -3.17. The van der Waals surface area contributed by atoms with E-state index in [9.17, 15) is 18.0 Å². The summed E-state index contributed by atoms with van der Waals surface area (Å²) in [5.74, 6) is -0.708. The third-order valence-corrected chi connectivity index (χ3v) is 8.45. The zero-order valence-corrected chi connectivity index (χ0v) is 24.1. The number of nitrogens with one attached hydrogen (secondary N) is 1. The lowest BCUT2D eigenvalue weighted by Gasteiger charge is -2.33. The minimum Gasteiger partial charge on any atom is -0.354 e. The molecular formula is C29H34BrN3O4S. The lowest BCUT2D eigenvalue weighted by atomic mass is 10.1. The highest BCUT2D eigenvalue weighted by Crippen LogP contribution is 2.26. The monoisotopic (exact) mass is 599 g/mol. The second kappa shape index (κ2) is 14.1. The molecule has 0 aliphatic heterocycles. The zero-order chi connectivity index (χ0) is 27.5. The van der Waals surface area contributed by atoms with Crippen LogP contribution >= 0.6 is 15.9 Å². The van der Waals surface area contributed by atoms with E-state index in [1.807, 2.05) is 44.2 Å². The van der Waals surface area contributed by atoms with Gasteiger partial charge < -0.3 is 10.2 Å². The summed E-state index contributed by atoms with van der Waals surface area (Å²) < 4.78 is 29.4. The third-order valence-electron chi connectivity index (χ3n) is 6.14. The summed E-state index contributed by atoms with van der Waals surface area (Å²) in [5.41, 5.74) is 1.20. The van der Waals surface area contributed by atoms with Gasteiger partial charge in [-0.05, 0) is 54.8 Å². The van der Waals surface area contributed by atoms with Crippen LogP contribution < -0.4 is 9.62 Å². The number of carbonyl (C=O) groups is 2. The second-order valence-electron chi connectivity index (χ2n) is 8.88. The SMILES string of the molecule is CCCCNC(=O)C(CC)N(Cc1ccccc1)C(=O)CN(c1ccc(Br)cc1)S(=O)(=O)c1ccccc1. The van der Waals surface area contributed by atoms with E-state index in [0.29, 0.717) is 18.7 Å². The minimum atomic E-state index is -4.07. The van der Waals surface area contributed by atoms with Crippen LogP contribution in [0.15, 0.2) is 94.3 Å². The Labute approximate surface area is 234 Å². The van der Waals surface area contributed by atoms with Crippen molar-refractivity contribution in [2.24, 2.45) is 0 Å². The van der Waals surface area contributed by atoms with E-state index in [-0.39, 0.29) is 17.3 Å². The van der Waals surface area contributed by atoms with Crippen molar-refractivity contribution >= 4 is 43.5 Å². The molecule has 202 valence electrons. The van der Waals surface area contributed by atoms with E-state index in [2.05, 4.69) is 21.2 Å². The van der Waals surface area contributed by atoms with E-state index in [1.165, 1.54) is 17.0 Å². The molecule has 0 saturated carbocycles. The lowest BCUT2D eigenvalue weighted by Crippen LogP contribution is -2.52. The number of halogens is 1. The number of rotatable bonds is 13. The van der Waals surface area contributed by atoms with Gasteiger partial charge in [0, 0.05) is 17.6 Å². The quantitative estimate of drug-likeness (QED) is 0.268. The topological polar surface area (TPSA) is 86.8 Å². The molecule has 0 saturated heterocycles. The van der Waals surface area contributed by atoms with E-state index >= 15 is 0 Å². The largest absolute Gasteiger partial charge is 0.354 e. The summed E-state index contributed by atoms with van der Waals surface area (Å²) in [6, 6.07) is 23.4. The zero-order valence-electron chi connectivity index (χ0n) is 21.7. The molecule has 38 heavy (non-hydrogen) atoms. The van der Waals surface area contributed by atoms with Crippen LogP contribution in [0.5, 0.6) is 0 Å². The maximum absolute atomic E-state index is 13.9. The van der Waals surface area contributed by atoms with Gasteiger partial charge in [0.25, 0.3) is 10.0 Å². The average molecular weight is 601 g/mol. The number of nitrogens with zero attached hydrogens (tertiary/aromatic N) is 2. The van der Waals surface area contributed by atoms with Gasteiger partial charge in [-0.2, -0.15) is 0 Å². The molecule has 0 aliphatic carbocycles. The minimum absolute atomic E-state index is 0.0784. The number of benzene rings is 3. The number of amides is 2. The highest BCUT2D eigenvalue weighted by Gasteiger charge is 2.33. The van der Waals surface area contributed by atoms with Crippen LogP contribution in [0, 0.1) is 0 Å². The molecule has 0 radical (unpaired) electrons. The molecule has 2 amide bonds. The number of carbonyl (C=O) groups excluding carboxylic acids is 2. The number of hydrogen-bond acceptors (Lipinski definition) is 4. The Bertz CT molecular complexity index is 1290. The van der Waals surface area contributed by atoms with Crippen LogP contribution in [0.4, 0.5) is 5.69 Å². The molecule has 0 bridgehead atoms. The summed E-state index contributed by atoms with van der Waals surface area (Å²) in [6.45, 7) is 4.14. The van der Waals surface area contributed by atoms with E-state index in [4.69, 9.17) is 0 Å². The second-order valence-corrected chi connectivity index (χ2v) is 11.7. The predicted molar refractivity (Wildman–Crippen MR) is 154 cm³/mol. The summed E-state index contributed by atoms with van der Waals surface area (Å²) in [6.07, 6.45) is 2.16. The van der Waals surface area contributed by atoms with Crippen molar-refractivity contribution in [1.29, 1.82) is 0 Å². The molecule has 1 N–H and O–H groups in total. The van der Waals surface area contributed by atoms with Gasteiger partial charge in [-0.25, -0.2) is 8.42 Å². The predicted octanol–water partition coefficient (Wildman–Crippen LogP) is 5.37. The van der Waals surface area contributed by atoms with Gasteiger partial charge in [-0.1, -0.05) is 84.7 Å². The Balaban J connectivity index is 2.00. The van der Waals surface area contributed by atoms with Crippen molar-refractivity contribution < 1.29 is 18.0 Å². The summed E-state index contributed by atoms with van der Waals surface area (Å²) in [4.78, 5) is 28.7. The molecule has 0 aromatic heterocycles. The van der Waals surface area contributed by atoms with Gasteiger partial charge in [0.1, 0.15) is 12.6 Å². The molecule has 0 fully saturated rings. The molecule has 3 aromatic carbocycles. The fourth-order valence-corrected chi connectivity index (χ4v) is 5.76. The number of sulfonamides is 1. The highest BCUT2D eigenvalue weighted by atomic mass is 79.9. The lowest BCUT2D eigenvalue weighted by molar-refractivity contribution is -0.140. The molecule has 0 aliphatic rings. The third kappa shape index (κ3) is 7.68. The first-order chi connectivity index (χ1) is 18.3. The first kappa shape index (κ1) is 29.4. The van der Waals surface area contributed by atoms with Crippen molar-refractivity contribution in [2.75, 3.05) is 17.4 Å². The maximum Gasteiger partial charge on any atom is 0.264 e. The van der Waals surface area contributed by atoms with Crippen LogP contribution in [-0.4, -0.2) is 44.3 Å². The van der Waals surface area contributed by atoms with Crippen LogP contribution in [0.25, 0.3) is 0 Å². The molecule has 1 atom stereocenters. The highest BCUT2D eigenvalue weighted by molar-refractivity contribution is 9.10. The number of anilines is 1. The van der Waals surface area contributed by atoms with Gasteiger partial charge in [0.05, 0.1) is 10.6 Å². The van der Waals surface area contributed by atoms with Crippen LogP contribution in [0.2, 0.25) is 0 Å². The Morgan fingerprint density at radius 1 is 0.895 bits per heavy atom. The Morgan fingerprint density at radius 3 is 2.08 bits per heavy atom. The Kier molecular flexibility index (Phi) is 10.9. The maximum atomic E-state index is 13.9. The first-order valence-electron chi connectivity index (χ1n) is 12.7. The molecule has 0 heterocycles. The van der Waals surface area contributed by atoms with Crippen LogP contribution in [-0.2, 0) is 26.2 Å². The van der Waals surface area contributed by atoms with Gasteiger partial charge in [0.15, 0.2) is 0 Å². The Morgan fingerprint density at radius 2 is 1.50 bits per heavy atom. The fourth-order valence-electron chi connectivity index (χ4n) is 4.06. The van der Waals surface area contributed by atoms with Crippen molar-refractivity contribution in [3.05, 3.63) is 95.0 Å². The van der Waals surface area contributed by atoms with Crippen molar-refractivity contribution in [3.8, 4) is 0 Å². The van der Waals surface area contributed by atoms with Crippen molar-refractivity contribution in [1.82, 2.24) is 10.2 Å². The first-order valence-corrected chi connectivity index (χ1v) is 15.0. The smallest absolute Gasteiger partial charge is 0.264 e. The molecule has 3 rings (SSSR count). The van der Waals surface area contributed by atoms with Crippen molar-refractivity contribution in [2.45, 2.75) is 50.6 Å². The van der Waals surface area contributed by atoms with Crippen LogP contribution in [0.3, 0.4) is 0 Å². The number of hydrogen-bond donors (Lipinski definition) is 1. The van der Waals surface area contributed by atoms with Gasteiger partial charge in [-0.3, -0.25) is 13.9 Å². The summed E-state index contributed by atoms with van der Waals surface area (Å²) in [7, 11) is -4.07. The molecule has 7 nitrogen and oxygen atoms in total. The average Bonchev–Trinajstić information content (AvgIpc) is 2.93. The summed E-state index contributed by atoms with van der Waals surface area (Å²) in [5, 5.41) is 2.93. The fraction of sp³-hybridized carbons (Fsp3) is 0.310. The molecular weight excluding hydrogens is 566 g/mol. The van der Waals surface area contributed by atoms with E-state index in [1.54, 1.807) is 42.5 Å². The van der Waals surface area contributed by atoms with Crippen molar-refractivity contribution in [3.63, 3.8) is 0 Å². The van der Waals surface area contributed by atoms with E-state index < -0.39 is 28.5 Å². The standard InChI is InChI=1S/C29H34BrN3O4S/c1-3-5-20-31-29(35)27(4-2)32(21-23-12-8-6-9-13-23)28(34)22-33(25-18-16-24(30)17-19-25)38(36,37)26-14-10-7-11-15-26/h6-19,27H,3-5,20-22H2,1-2H3,(H,31,35). The van der Waals surface area contributed by atoms with Gasteiger partial charge >= 0.3 is 0 Å². The summed E-state index contributed by atoms with van der Waals surface area (Å²) >= 11 is 3.38. The normalized spacial score (nSPS) is 12.0. The van der Waals surface area contributed by atoms with Gasteiger partial charge in [0.2, 0.25) is 11.8 Å². The van der Waals surface area contributed by atoms with Gasteiger partial charge in [-0.15, -0.1) is 0 Å². The van der Waals surface area contributed by atoms with E-state index in [0.717, 1.165) is 27.2 Å². The molecule has 0 spiro atoms. The molecule has 1 unspecified atom stereocenters. The van der Waals surface area contributed by atoms with Crippen LogP contribution in [0.1, 0.15) is 38.7 Å². The number of unbranched alkanes of at least 4 members (excludes halogenated alkanes) is 1. The molecule has 9 heteroatoms.